The van der Waals surface area contributed by atoms with E-state index in [1.165, 1.54) is 51.6 Å². The third-order valence-electron chi connectivity index (χ3n) is 5.34. The molecule has 3 fully saturated rings. The van der Waals surface area contributed by atoms with Crippen molar-refractivity contribution in [2.45, 2.75) is 57.4 Å². The molecule has 2 aliphatic carbocycles. The monoisotopic (exact) mass is 237 g/mol. The van der Waals surface area contributed by atoms with Gasteiger partial charge >= 0.3 is 0 Å². The molecule has 17 heavy (non-hydrogen) atoms. The van der Waals surface area contributed by atoms with Gasteiger partial charge in [-0.3, -0.25) is 0 Å². The number of nitrogens with one attached hydrogen (secondary N) is 1. The minimum absolute atomic E-state index is 0.812. The Labute approximate surface area is 104 Å². The normalized spacial score (nSPS) is 41.6. The quantitative estimate of drug-likeness (QED) is 0.526. The van der Waals surface area contributed by atoms with Crippen LogP contribution in [0.5, 0.6) is 0 Å². The first-order valence-electron chi connectivity index (χ1n) is 7.41. The van der Waals surface area contributed by atoms with Gasteiger partial charge in [0.25, 0.3) is 0 Å². The predicted octanol–water partition coefficient (Wildman–Crippen LogP) is 1.46. The first kappa shape index (κ1) is 11.5. The summed E-state index contributed by atoms with van der Waals surface area (Å²) in [6.45, 7) is 2.74. The second-order valence-corrected chi connectivity index (χ2v) is 6.33. The molecule has 1 saturated heterocycles. The van der Waals surface area contributed by atoms with Gasteiger partial charge in [-0.15, -0.1) is 0 Å². The van der Waals surface area contributed by atoms with Crippen LogP contribution in [0.15, 0.2) is 5.16 Å². The predicted molar refractivity (Wildman–Crippen MR) is 67.6 cm³/mol. The van der Waals surface area contributed by atoms with Crippen molar-refractivity contribution in [1.82, 2.24) is 0 Å². The molecule has 0 radical (unpaired) electrons. The van der Waals surface area contributed by atoms with Gasteiger partial charge < -0.3 is 10.1 Å². The largest absolute Gasteiger partial charge is 0.411 e. The average molecular weight is 237 g/mol. The van der Waals surface area contributed by atoms with E-state index >= 15 is 0 Å². The molecule has 2 saturated carbocycles. The summed E-state index contributed by atoms with van der Waals surface area (Å²) in [4.78, 5) is 1.87. The maximum atomic E-state index is 8.91. The highest BCUT2D eigenvalue weighted by molar-refractivity contribution is 5.84. The van der Waals surface area contributed by atoms with Crippen LogP contribution in [0.4, 0.5) is 0 Å². The van der Waals surface area contributed by atoms with Gasteiger partial charge in [0, 0.05) is 11.8 Å². The molecule has 0 aromatic rings. The van der Waals surface area contributed by atoms with Gasteiger partial charge in [-0.05, 0) is 44.9 Å². The van der Waals surface area contributed by atoms with Gasteiger partial charge in [0.05, 0.1) is 24.8 Å². The second kappa shape index (κ2) is 4.97. The molecule has 3 atom stereocenters. The zero-order valence-electron chi connectivity index (χ0n) is 10.7. The number of fused-ring (bicyclic) bond motifs is 1. The summed E-state index contributed by atoms with van der Waals surface area (Å²) in [7, 11) is 0. The van der Waals surface area contributed by atoms with Crippen LogP contribution >= 0.6 is 0 Å². The number of likely N-dealkylation sites (tertiary alicyclic amines) is 1. The van der Waals surface area contributed by atoms with Crippen LogP contribution in [-0.2, 0) is 0 Å². The van der Waals surface area contributed by atoms with Gasteiger partial charge in [-0.25, -0.2) is 0 Å². The number of nitrogens with zero attached hydrogens (tertiary/aromatic N) is 1. The van der Waals surface area contributed by atoms with Crippen molar-refractivity contribution in [2.75, 3.05) is 13.1 Å². The molecule has 1 heterocycles. The Bertz CT molecular complexity index is 297. The Kier molecular flexibility index (Phi) is 3.37. The fourth-order valence-corrected chi connectivity index (χ4v) is 4.36. The van der Waals surface area contributed by atoms with Crippen LogP contribution in [-0.4, -0.2) is 30.1 Å². The van der Waals surface area contributed by atoms with Crippen molar-refractivity contribution in [3.63, 3.8) is 0 Å². The van der Waals surface area contributed by atoms with Crippen molar-refractivity contribution >= 4 is 5.71 Å². The van der Waals surface area contributed by atoms with E-state index in [-0.39, 0.29) is 0 Å². The van der Waals surface area contributed by atoms with E-state index in [9.17, 15) is 0 Å². The molecule has 1 aliphatic heterocycles. The lowest BCUT2D eigenvalue weighted by Crippen LogP contribution is -3.14. The van der Waals surface area contributed by atoms with E-state index in [4.69, 9.17) is 5.21 Å². The Hall–Kier alpha value is -0.570. The summed E-state index contributed by atoms with van der Waals surface area (Å²) in [5.74, 6) is 1.73. The van der Waals surface area contributed by atoms with Gasteiger partial charge in [0.2, 0.25) is 0 Å². The molecule has 0 amide bonds. The van der Waals surface area contributed by atoms with Gasteiger partial charge in [-0.2, -0.15) is 0 Å². The van der Waals surface area contributed by atoms with Gasteiger partial charge in [0.1, 0.15) is 0 Å². The molecule has 3 rings (SSSR count). The fourth-order valence-electron chi connectivity index (χ4n) is 4.36. The van der Waals surface area contributed by atoms with Crippen molar-refractivity contribution in [2.24, 2.45) is 17.0 Å². The van der Waals surface area contributed by atoms with E-state index in [0.717, 1.165) is 36.4 Å². The average Bonchev–Trinajstić information content (AvgIpc) is 2.82. The molecule has 3 aliphatic rings. The summed E-state index contributed by atoms with van der Waals surface area (Å²) < 4.78 is 0. The Morgan fingerprint density at radius 1 is 1.00 bits per heavy atom. The molecule has 1 unspecified atom stereocenters. The number of rotatable bonds is 1. The van der Waals surface area contributed by atoms with E-state index in [2.05, 4.69) is 5.16 Å². The highest BCUT2D eigenvalue weighted by Gasteiger charge is 2.42. The lowest BCUT2D eigenvalue weighted by molar-refractivity contribution is -0.917. The molecule has 0 spiro atoms. The smallest absolute Gasteiger partial charge is 0.0874 e. The SMILES string of the molecule is O/N=C1/CC[C@@H]2C[NH+](C3CCCCC3)C[C@@H]2C1. The molecule has 0 aromatic carbocycles. The van der Waals surface area contributed by atoms with Crippen molar-refractivity contribution in [1.29, 1.82) is 0 Å². The first-order chi connectivity index (χ1) is 8.36. The first-order valence-corrected chi connectivity index (χ1v) is 7.41. The number of hydrogen-bond acceptors (Lipinski definition) is 2. The zero-order chi connectivity index (χ0) is 11.7. The van der Waals surface area contributed by atoms with Crippen LogP contribution in [0.25, 0.3) is 0 Å². The van der Waals surface area contributed by atoms with E-state index in [1.54, 1.807) is 0 Å². The highest BCUT2D eigenvalue weighted by atomic mass is 16.4. The number of oxime groups is 1. The van der Waals surface area contributed by atoms with E-state index in [0.29, 0.717) is 0 Å². The highest BCUT2D eigenvalue weighted by Crippen LogP contribution is 2.30. The molecule has 96 valence electrons. The number of hydrogen-bond donors (Lipinski definition) is 2. The van der Waals surface area contributed by atoms with E-state index in [1.807, 2.05) is 4.90 Å². The van der Waals surface area contributed by atoms with E-state index < -0.39 is 0 Å². The second-order valence-electron chi connectivity index (χ2n) is 6.33. The zero-order valence-corrected chi connectivity index (χ0v) is 10.7. The summed E-state index contributed by atoms with van der Waals surface area (Å²) in [6, 6.07) is 0.948. The van der Waals surface area contributed by atoms with Crippen molar-refractivity contribution in [3.8, 4) is 0 Å². The third-order valence-corrected chi connectivity index (χ3v) is 5.34. The minimum Gasteiger partial charge on any atom is -0.411 e. The Balaban J connectivity index is 1.60. The lowest BCUT2D eigenvalue weighted by atomic mass is 9.81. The molecule has 3 nitrogen and oxygen atoms in total. The van der Waals surface area contributed by atoms with Crippen LogP contribution in [0.2, 0.25) is 0 Å². The molecule has 0 bridgehead atoms. The molecular weight excluding hydrogens is 212 g/mol. The third kappa shape index (κ3) is 2.35. The van der Waals surface area contributed by atoms with Crippen LogP contribution in [0.3, 0.4) is 0 Å². The van der Waals surface area contributed by atoms with Crippen LogP contribution < -0.4 is 4.90 Å². The maximum absolute atomic E-state index is 8.91. The lowest BCUT2D eigenvalue weighted by Gasteiger charge is -2.28. The minimum atomic E-state index is 0.812. The molecular formula is C14H25N2O+. The standard InChI is InChI=1S/C14H24N2O/c17-15-13-7-6-11-9-16(10-12(11)8-13)14-4-2-1-3-5-14/h11-12,14,17H,1-10H2/p+1/b15-13-/t11-,12+/m1/s1. The van der Waals surface area contributed by atoms with Crippen molar-refractivity contribution < 1.29 is 10.1 Å². The van der Waals surface area contributed by atoms with Gasteiger partial charge in [0.15, 0.2) is 0 Å². The molecule has 3 heteroatoms. The fraction of sp³-hybridized carbons (Fsp3) is 0.929. The summed E-state index contributed by atoms with van der Waals surface area (Å²) in [5.41, 5.74) is 1.05. The summed E-state index contributed by atoms with van der Waals surface area (Å²) >= 11 is 0. The van der Waals surface area contributed by atoms with Crippen molar-refractivity contribution in [3.05, 3.63) is 0 Å². The Morgan fingerprint density at radius 3 is 2.53 bits per heavy atom. The summed E-state index contributed by atoms with van der Waals surface area (Å²) in [5, 5.41) is 12.4. The molecule has 0 aromatic heterocycles. The summed E-state index contributed by atoms with van der Waals surface area (Å²) in [6.07, 6.45) is 10.6. The Morgan fingerprint density at radius 2 is 1.76 bits per heavy atom. The number of quaternary nitrogens is 1. The van der Waals surface area contributed by atoms with Crippen LogP contribution in [0.1, 0.15) is 51.4 Å². The maximum Gasteiger partial charge on any atom is 0.0874 e. The topological polar surface area (TPSA) is 37.0 Å². The van der Waals surface area contributed by atoms with Gasteiger partial charge in [-0.1, -0.05) is 11.6 Å². The van der Waals surface area contributed by atoms with Crippen LogP contribution in [0, 0.1) is 11.8 Å². The molecule has 2 N–H and O–H groups in total.